The van der Waals surface area contributed by atoms with Crippen LogP contribution in [-0.4, -0.2) is 48.4 Å². The molecule has 1 fully saturated rings. The fraction of sp³-hybridized carbons (Fsp3) is 0.435. The zero-order chi connectivity index (χ0) is 22.6. The number of carbonyl (C=O) groups excluding carboxylic acids is 1. The number of nitrogens with zero attached hydrogens (tertiary/aromatic N) is 2. The van der Waals surface area contributed by atoms with Crippen LogP contribution < -0.4 is 10.1 Å². The Bertz CT molecular complexity index is 867. The summed E-state index contributed by atoms with van der Waals surface area (Å²) in [6.07, 6.45) is -4.74. The Morgan fingerprint density at radius 2 is 1.52 bits per heavy atom. The molecule has 0 aromatic heterocycles. The highest BCUT2D eigenvalue weighted by atomic mass is 19.4. The largest absolute Gasteiger partial charge is 0.573 e. The molecule has 0 aliphatic carbocycles. The van der Waals surface area contributed by atoms with Gasteiger partial charge in [-0.25, -0.2) is 4.79 Å². The van der Waals surface area contributed by atoms with Crippen LogP contribution in [0, 0.1) is 0 Å². The number of carbonyl (C=O) groups is 1. The maximum Gasteiger partial charge on any atom is 0.573 e. The molecule has 1 aliphatic heterocycles. The minimum atomic E-state index is -4.74. The van der Waals surface area contributed by atoms with E-state index in [1.54, 1.807) is 4.90 Å². The van der Waals surface area contributed by atoms with Gasteiger partial charge in [-0.2, -0.15) is 0 Å². The molecule has 0 unspecified atom stereocenters. The van der Waals surface area contributed by atoms with Gasteiger partial charge in [-0.05, 0) is 40.8 Å². The molecule has 0 bridgehead atoms. The van der Waals surface area contributed by atoms with E-state index in [0.29, 0.717) is 18.8 Å². The molecule has 3 rings (SSSR count). The minimum absolute atomic E-state index is 0.128. The third-order valence-electron chi connectivity index (χ3n) is 5.22. The van der Waals surface area contributed by atoms with Crippen molar-refractivity contribution in [3.63, 3.8) is 0 Å². The van der Waals surface area contributed by atoms with Crippen molar-refractivity contribution >= 4 is 11.7 Å². The van der Waals surface area contributed by atoms with E-state index in [9.17, 15) is 18.0 Å². The normalized spacial score (nSPS) is 15.6. The van der Waals surface area contributed by atoms with Crippen molar-refractivity contribution in [1.29, 1.82) is 0 Å². The van der Waals surface area contributed by atoms with Crippen molar-refractivity contribution in [2.45, 2.75) is 39.1 Å². The summed E-state index contributed by atoms with van der Waals surface area (Å²) in [7, 11) is 0. The molecule has 5 nitrogen and oxygen atoms in total. The van der Waals surface area contributed by atoms with E-state index in [0.717, 1.165) is 19.6 Å². The highest BCUT2D eigenvalue weighted by Crippen LogP contribution is 2.25. The first-order valence-electron chi connectivity index (χ1n) is 10.2. The van der Waals surface area contributed by atoms with E-state index < -0.39 is 6.36 Å². The monoisotopic (exact) mass is 435 g/mol. The third-order valence-corrected chi connectivity index (χ3v) is 5.22. The Balaban J connectivity index is 1.46. The van der Waals surface area contributed by atoms with E-state index >= 15 is 0 Å². The molecule has 31 heavy (non-hydrogen) atoms. The van der Waals surface area contributed by atoms with Crippen LogP contribution in [0.5, 0.6) is 5.75 Å². The number of amides is 2. The number of nitrogens with one attached hydrogen (secondary N) is 1. The number of rotatable bonds is 4. The Kier molecular flexibility index (Phi) is 6.79. The number of halogens is 3. The number of anilines is 1. The van der Waals surface area contributed by atoms with Gasteiger partial charge in [0.15, 0.2) is 0 Å². The quantitative estimate of drug-likeness (QED) is 0.715. The van der Waals surface area contributed by atoms with Gasteiger partial charge < -0.3 is 15.0 Å². The molecule has 168 valence electrons. The number of alkyl halides is 3. The van der Waals surface area contributed by atoms with Crippen LogP contribution in [0.15, 0.2) is 48.5 Å². The maximum absolute atomic E-state index is 12.5. The first-order valence-corrected chi connectivity index (χ1v) is 10.2. The summed E-state index contributed by atoms with van der Waals surface area (Å²) in [5.41, 5.74) is 3.09. The molecule has 2 amide bonds. The summed E-state index contributed by atoms with van der Waals surface area (Å²) < 4.78 is 40.5. The molecule has 0 saturated carbocycles. The SMILES string of the molecule is CC(C)(C)c1ccc(CN2CCN(C(=O)Nc3ccc(OC(F)(F)F)cc3)CC2)cc1. The second-order valence-corrected chi connectivity index (χ2v) is 8.71. The Morgan fingerprint density at radius 3 is 2.03 bits per heavy atom. The highest BCUT2D eigenvalue weighted by molar-refractivity contribution is 5.89. The van der Waals surface area contributed by atoms with Gasteiger partial charge in [-0.15, -0.1) is 13.2 Å². The molecule has 0 spiro atoms. The minimum Gasteiger partial charge on any atom is -0.406 e. The molecule has 1 aliphatic rings. The summed E-state index contributed by atoms with van der Waals surface area (Å²) in [5, 5.41) is 2.72. The van der Waals surface area contributed by atoms with Crippen LogP contribution in [0.4, 0.5) is 23.7 Å². The summed E-state index contributed by atoms with van der Waals surface area (Å²) >= 11 is 0. The number of hydrogen-bond acceptors (Lipinski definition) is 3. The Hall–Kier alpha value is -2.74. The van der Waals surface area contributed by atoms with E-state index in [4.69, 9.17) is 0 Å². The summed E-state index contributed by atoms with van der Waals surface area (Å²) in [5.74, 6) is -0.324. The molecule has 0 atom stereocenters. The van der Waals surface area contributed by atoms with E-state index in [1.807, 2.05) is 0 Å². The zero-order valence-corrected chi connectivity index (χ0v) is 18.0. The van der Waals surface area contributed by atoms with Crippen LogP contribution in [0.1, 0.15) is 31.9 Å². The molecule has 8 heteroatoms. The van der Waals surface area contributed by atoms with Crippen molar-refractivity contribution in [2.75, 3.05) is 31.5 Å². The van der Waals surface area contributed by atoms with Gasteiger partial charge in [0, 0.05) is 38.4 Å². The molecular formula is C23H28F3N3O2. The average Bonchev–Trinajstić information content (AvgIpc) is 2.69. The van der Waals surface area contributed by atoms with Crippen LogP contribution in [0.3, 0.4) is 0 Å². The molecule has 1 N–H and O–H groups in total. The number of benzene rings is 2. The molecule has 0 radical (unpaired) electrons. The predicted molar refractivity (Wildman–Crippen MR) is 114 cm³/mol. The maximum atomic E-state index is 12.5. The average molecular weight is 435 g/mol. The van der Waals surface area contributed by atoms with Crippen molar-refractivity contribution in [2.24, 2.45) is 0 Å². The van der Waals surface area contributed by atoms with Crippen molar-refractivity contribution in [3.05, 3.63) is 59.7 Å². The number of urea groups is 1. The predicted octanol–water partition coefficient (Wildman–Crippen LogP) is 5.23. The molecule has 1 heterocycles. The lowest BCUT2D eigenvalue weighted by atomic mass is 9.87. The highest BCUT2D eigenvalue weighted by Gasteiger charge is 2.31. The van der Waals surface area contributed by atoms with Crippen molar-refractivity contribution in [1.82, 2.24) is 9.80 Å². The van der Waals surface area contributed by atoms with Crippen LogP contribution >= 0.6 is 0 Å². The summed E-state index contributed by atoms with van der Waals surface area (Å²) in [6.45, 7) is 10.1. The number of hydrogen-bond donors (Lipinski definition) is 1. The summed E-state index contributed by atoms with van der Waals surface area (Å²) in [6, 6.07) is 13.5. The van der Waals surface area contributed by atoms with Gasteiger partial charge in [0.25, 0.3) is 0 Å². The fourth-order valence-corrected chi connectivity index (χ4v) is 3.42. The van der Waals surface area contributed by atoms with Crippen LogP contribution in [0.25, 0.3) is 0 Å². The topological polar surface area (TPSA) is 44.8 Å². The lowest BCUT2D eigenvalue weighted by molar-refractivity contribution is -0.274. The second kappa shape index (κ2) is 9.18. The number of ether oxygens (including phenoxy) is 1. The van der Waals surface area contributed by atoms with Crippen LogP contribution in [0.2, 0.25) is 0 Å². The third kappa shape index (κ3) is 6.89. The van der Waals surface area contributed by atoms with Gasteiger partial charge in [0.1, 0.15) is 5.75 Å². The van der Waals surface area contributed by atoms with E-state index in [2.05, 4.69) is 60.0 Å². The van der Waals surface area contributed by atoms with Gasteiger partial charge in [0.05, 0.1) is 0 Å². The van der Waals surface area contributed by atoms with E-state index in [-0.39, 0.29) is 17.2 Å². The molecule has 1 saturated heterocycles. The lowest BCUT2D eigenvalue weighted by Crippen LogP contribution is -2.49. The van der Waals surface area contributed by atoms with Gasteiger partial charge in [-0.3, -0.25) is 4.90 Å². The Labute approximate surface area is 180 Å². The lowest BCUT2D eigenvalue weighted by Gasteiger charge is -2.34. The molecular weight excluding hydrogens is 407 g/mol. The van der Waals surface area contributed by atoms with E-state index in [1.165, 1.54) is 35.4 Å². The molecule has 2 aromatic carbocycles. The van der Waals surface area contributed by atoms with Crippen molar-refractivity contribution in [3.8, 4) is 5.75 Å². The standard InChI is InChI=1S/C23H28F3N3O2/c1-22(2,3)18-6-4-17(5-7-18)16-28-12-14-29(15-13-28)21(30)27-19-8-10-20(11-9-19)31-23(24,25)26/h4-11H,12-16H2,1-3H3,(H,27,30). The smallest absolute Gasteiger partial charge is 0.406 e. The Morgan fingerprint density at radius 1 is 0.935 bits per heavy atom. The first kappa shape index (κ1) is 22.9. The molecule has 2 aromatic rings. The fourth-order valence-electron chi connectivity index (χ4n) is 3.42. The number of piperazine rings is 1. The first-order chi connectivity index (χ1) is 14.5. The summed E-state index contributed by atoms with van der Waals surface area (Å²) in [4.78, 5) is 16.5. The zero-order valence-electron chi connectivity index (χ0n) is 18.0. The van der Waals surface area contributed by atoms with Gasteiger partial charge in [0.2, 0.25) is 0 Å². The van der Waals surface area contributed by atoms with Gasteiger partial charge >= 0.3 is 12.4 Å². The second-order valence-electron chi connectivity index (χ2n) is 8.71. The van der Waals surface area contributed by atoms with Gasteiger partial charge in [-0.1, -0.05) is 45.0 Å². The van der Waals surface area contributed by atoms with Crippen LogP contribution in [-0.2, 0) is 12.0 Å². The van der Waals surface area contributed by atoms with Crippen molar-refractivity contribution < 1.29 is 22.7 Å².